The molecule has 0 radical (unpaired) electrons. The Morgan fingerprint density at radius 1 is 0.882 bits per heavy atom. The SMILES string of the molecule is CC(C)[C@@H]1CC[C@]2(C(=O)O)CC[C@]3(C)C(CCC4[C@@]5(C)CC(Br)[C@H](O)C(C)(C)C5CC[C@]43C)C12. The molecule has 2 N–H and O–H groups in total. The van der Waals surface area contributed by atoms with Crippen molar-refractivity contribution in [3.8, 4) is 0 Å². The van der Waals surface area contributed by atoms with Crippen LogP contribution in [0.5, 0.6) is 0 Å². The first kappa shape index (κ1) is 25.6. The van der Waals surface area contributed by atoms with Crippen molar-refractivity contribution in [1.82, 2.24) is 0 Å². The lowest BCUT2D eigenvalue weighted by Gasteiger charge is -2.73. The zero-order chi connectivity index (χ0) is 25.1. The van der Waals surface area contributed by atoms with Gasteiger partial charge in [-0.3, -0.25) is 4.79 Å². The van der Waals surface area contributed by atoms with Crippen LogP contribution < -0.4 is 0 Å². The van der Waals surface area contributed by atoms with Crippen molar-refractivity contribution in [2.24, 2.45) is 62.6 Å². The summed E-state index contributed by atoms with van der Waals surface area (Å²) in [7, 11) is 0. The van der Waals surface area contributed by atoms with Crippen LogP contribution in [0, 0.1) is 62.6 Å². The van der Waals surface area contributed by atoms with E-state index in [4.69, 9.17) is 0 Å². The standard InChI is InChI=1S/C30H49BrO3/c1-17(2)18-10-13-30(25(33)34)15-14-28(6)19(23(18)30)8-9-22-27(5)16-20(31)24(32)26(3,4)21(27)11-12-29(22,28)7/h17-24,32H,8-16H2,1-7H3,(H,33,34)/t18-,19?,20?,21?,22?,23?,24-,27-,28+,29+,30-/m0/s1. The molecule has 0 aliphatic heterocycles. The van der Waals surface area contributed by atoms with Crippen LogP contribution in [-0.2, 0) is 4.79 Å². The maximum absolute atomic E-state index is 12.8. The van der Waals surface area contributed by atoms with Crippen molar-refractivity contribution in [2.45, 2.75) is 117 Å². The fourth-order valence-electron chi connectivity index (χ4n) is 11.8. The van der Waals surface area contributed by atoms with Gasteiger partial charge in [-0.25, -0.2) is 0 Å². The first-order valence-corrected chi connectivity index (χ1v) is 15.1. The molecule has 194 valence electrons. The molecule has 5 unspecified atom stereocenters. The fourth-order valence-corrected chi connectivity index (χ4v) is 13.2. The van der Waals surface area contributed by atoms with Gasteiger partial charge < -0.3 is 10.2 Å². The van der Waals surface area contributed by atoms with Crippen molar-refractivity contribution in [3.05, 3.63) is 0 Å². The Balaban J connectivity index is 1.57. The van der Waals surface area contributed by atoms with Gasteiger partial charge in [0.1, 0.15) is 0 Å². The number of fused-ring (bicyclic) bond motifs is 7. The molecule has 11 atom stereocenters. The highest BCUT2D eigenvalue weighted by atomic mass is 79.9. The molecule has 0 heterocycles. The molecule has 34 heavy (non-hydrogen) atoms. The number of aliphatic hydroxyl groups is 1. The number of halogens is 1. The minimum Gasteiger partial charge on any atom is -0.481 e. The number of alkyl halides is 1. The van der Waals surface area contributed by atoms with Crippen LogP contribution >= 0.6 is 15.9 Å². The number of aliphatic hydroxyl groups excluding tert-OH is 1. The van der Waals surface area contributed by atoms with Gasteiger partial charge in [-0.15, -0.1) is 0 Å². The van der Waals surface area contributed by atoms with Crippen LogP contribution in [0.2, 0.25) is 0 Å². The van der Waals surface area contributed by atoms with Gasteiger partial charge in [-0.1, -0.05) is 64.4 Å². The highest BCUT2D eigenvalue weighted by molar-refractivity contribution is 9.09. The molecule has 5 fully saturated rings. The van der Waals surface area contributed by atoms with Gasteiger partial charge in [0.25, 0.3) is 0 Å². The number of rotatable bonds is 2. The van der Waals surface area contributed by atoms with Crippen LogP contribution in [0.3, 0.4) is 0 Å². The second-order valence-corrected chi connectivity index (χ2v) is 16.3. The first-order chi connectivity index (χ1) is 15.7. The lowest BCUT2D eigenvalue weighted by Crippen LogP contribution is -2.68. The Hall–Kier alpha value is -0.0900. The minimum atomic E-state index is -0.504. The summed E-state index contributed by atoms with van der Waals surface area (Å²) < 4.78 is 0. The predicted octanol–water partition coefficient (Wildman–Crippen LogP) is 7.54. The molecule has 0 aromatic heterocycles. The molecule has 5 rings (SSSR count). The molecule has 4 heteroatoms. The number of carboxylic acids is 1. The molecule has 0 spiro atoms. The van der Waals surface area contributed by atoms with E-state index in [1.54, 1.807) is 0 Å². The zero-order valence-corrected chi connectivity index (χ0v) is 24.2. The summed E-state index contributed by atoms with van der Waals surface area (Å²) in [5.41, 5.74) is 0.0845. The molecule has 5 aliphatic carbocycles. The molecule has 5 aliphatic rings. The van der Waals surface area contributed by atoms with Crippen molar-refractivity contribution >= 4 is 21.9 Å². The summed E-state index contributed by atoms with van der Waals surface area (Å²) in [5, 5.41) is 21.7. The maximum Gasteiger partial charge on any atom is 0.309 e. The van der Waals surface area contributed by atoms with E-state index in [0.717, 1.165) is 32.1 Å². The zero-order valence-electron chi connectivity index (χ0n) is 22.7. The Kier molecular flexibility index (Phi) is 5.80. The molecule has 0 aromatic rings. The Labute approximate surface area is 216 Å². The summed E-state index contributed by atoms with van der Waals surface area (Å²) in [6, 6.07) is 0. The summed E-state index contributed by atoms with van der Waals surface area (Å²) in [5.74, 6) is 2.64. The van der Waals surface area contributed by atoms with Crippen LogP contribution in [0.1, 0.15) is 106 Å². The summed E-state index contributed by atoms with van der Waals surface area (Å²) in [4.78, 5) is 13.0. The monoisotopic (exact) mass is 536 g/mol. The van der Waals surface area contributed by atoms with Gasteiger partial charge in [0.15, 0.2) is 0 Å². The summed E-state index contributed by atoms with van der Waals surface area (Å²) in [6.45, 7) is 17.0. The van der Waals surface area contributed by atoms with Gasteiger partial charge in [0.05, 0.1) is 11.5 Å². The fraction of sp³-hybridized carbons (Fsp3) is 0.967. The van der Waals surface area contributed by atoms with Crippen molar-refractivity contribution in [2.75, 3.05) is 0 Å². The second-order valence-electron chi connectivity index (χ2n) is 15.1. The molecule has 5 saturated carbocycles. The van der Waals surface area contributed by atoms with Gasteiger partial charge in [0, 0.05) is 4.83 Å². The van der Waals surface area contributed by atoms with Crippen molar-refractivity contribution < 1.29 is 15.0 Å². The molecule has 0 amide bonds. The van der Waals surface area contributed by atoms with E-state index in [1.165, 1.54) is 25.7 Å². The second kappa shape index (κ2) is 7.71. The first-order valence-electron chi connectivity index (χ1n) is 14.2. The lowest BCUT2D eigenvalue weighted by atomic mass is 9.32. The van der Waals surface area contributed by atoms with Crippen molar-refractivity contribution in [3.63, 3.8) is 0 Å². The lowest BCUT2D eigenvalue weighted by molar-refractivity contribution is -0.248. The summed E-state index contributed by atoms with van der Waals surface area (Å²) >= 11 is 3.91. The van der Waals surface area contributed by atoms with Gasteiger partial charge in [-0.05, 0) is 115 Å². The van der Waals surface area contributed by atoms with E-state index >= 15 is 0 Å². The third-order valence-electron chi connectivity index (χ3n) is 13.7. The van der Waals surface area contributed by atoms with E-state index in [9.17, 15) is 15.0 Å². The molecule has 0 aromatic carbocycles. The Morgan fingerprint density at radius 2 is 1.56 bits per heavy atom. The highest BCUT2D eigenvalue weighted by Crippen LogP contribution is 2.77. The number of hydrogen-bond acceptors (Lipinski definition) is 2. The molecule has 3 nitrogen and oxygen atoms in total. The van der Waals surface area contributed by atoms with E-state index in [0.29, 0.717) is 35.5 Å². The maximum atomic E-state index is 12.8. The topological polar surface area (TPSA) is 57.5 Å². The number of carboxylic acid groups (broad SMARTS) is 1. The Morgan fingerprint density at radius 3 is 2.18 bits per heavy atom. The smallest absolute Gasteiger partial charge is 0.309 e. The summed E-state index contributed by atoms with van der Waals surface area (Å²) in [6.07, 6.45) is 9.53. The third kappa shape index (κ3) is 2.94. The van der Waals surface area contributed by atoms with Crippen molar-refractivity contribution in [1.29, 1.82) is 0 Å². The van der Waals surface area contributed by atoms with E-state index < -0.39 is 11.4 Å². The van der Waals surface area contributed by atoms with Crippen LogP contribution in [-0.4, -0.2) is 27.1 Å². The normalized spacial score (nSPS) is 56.2. The average molecular weight is 538 g/mol. The van der Waals surface area contributed by atoms with Gasteiger partial charge in [-0.2, -0.15) is 0 Å². The van der Waals surface area contributed by atoms with E-state index in [2.05, 4.69) is 64.4 Å². The van der Waals surface area contributed by atoms with Crippen LogP contribution in [0.25, 0.3) is 0 Å². The van der Waals surface area contributed by atoms with Gasteiger partial charge >= 0.3 is 5.97 Å². The molecule has 0 bridgehead atoms. The highest BCUT2D eigenvalue weighted by Gasteiger charge is 2.72. The number of aliphatic carboxylic acids is 1. The third-order valence-corrected chi connectivity index (χ3v) is 14.5. The van der Waals surface area contributed by atoms with Crippen LogP contribution in [0.15, 0.2) is 0 Å². The quantitative estimate of drug-likeness (QED) is 0.358. The largest absolute Gasteiger partial charge is 0.481 e. The molecular formula is C30H49BrO3. The van der Waals surface area contributed by atoms with Gasteiger partial charge in [0.2, 0.25) is 0 Å². The average Bonchev–Trinajstić information content (AvgIpc) is 3.14. The predicted molar refractivity (Wildman–Crippen MR) is 141 cm³/mol. The van der Waals surface area contributed by atoms with E-state index in [1.807, 2.05) is 0 Å². The van der Waals surface area contributed by atoms with E-state index in [-0.39, 0.29) is 32.6 Å². The molecule has 0 saturated heterocycles. The Bertz CT molecular complexity index is 854. The molecular weight excluding hydrogens is 488 g/mol. The number of carbonyl (C=O) groups is 1. The number of hydrogen-bond donors (Lipinski definition) is 2. The minimum absolute atomic E-state index is 0.0839. The van der Waals surface area contributed by atoms with Crippen LogP contribution in [0.4, 0.5) is 0 Å².